The van der Waals surface area contributed by atoms with Crippen molar-refractivity contribution in [2.24, 2.45) is 0 Å². The number of hydrogen-bond acceptors (Lipinski definition) is 5. The number of anilines is 1. The number of halogens is 1. The van der Waals surface area contributed by atoms with Crippen molar-refractivity contribution in [2.75, 3.05) is 11.5 Å². The minimum absolute atomic E-state index is 0.0174. The number of nitrogens with one attached hydrogen (secondary N) is 1. The molecule has 8 heteroatoms. The van der Waals surface area contributed by atoms with Gasteiger partial charge in [0, 0.05) is 5.56 Å². The second-order valence-electron chi connectivity index (χ2n) is 6.60. The van der Waals surface area contributed by atoms with E-state index in [0.717, 1.165) is 0 Å². The molecule has 4 rings (SSSR count). The molecule has 2 aromatic carbocycles. The van der Waals surface area contributed by atoms with Gasteiger partial charge in [0.2, 0.25) is 0 Å². The van der Waals surface area contributed by atoms with Crippen LogP contribution in [-0.2, 0) is 9.59 Å². The van der Waals surface area contributed by atoms with E-state index in [1.165, 1.54) is 23.1 Å². The van der Waals surface area contributed by atoms with E-state index in [9.17, 15) is 14.0 Å². The Morgan fingerprint density at radius 2 is 1.90 bits per heavy atom. The molecule has 1 saturated heterocycles. The summed E-state index contributed by atoms with van der Waals surface area (Å²) in [4.78, 5) is 26.7. The number of rotatable bonds is 5. The van der Waals surface area contributed by atoms with Crippen molar-refractivity contribution in [1.82, 2.24) is 5.32 Å². The number of hydrogen-bond donors (Lipinski definition) is 1. The highest BCUT2D eigenvalue weighted by Crippen LogP contribution is 2.27. The Balaban J connectivity index is 1.63. The van der Waals surface area contributed by atoms with Gasteiger partial charge < -0.3 is 9.15 Å². The molecule has 1 aliphatic rings. The van der Waals surface area contributed by atoms with Crippen molar-refractivity contribution in [3.63, 3.8) is 0 Å². The predicted octanol–water partition coefficient (Wildman–Crippen LogP) is 4.32. The molecule has 156 valence electrons. The third-order valence-corrected chi connectivity index (χ3v) is 4.81. The molecule has 6 nitrogen and oxygen atoms in total. The largest absolute Gasteiger partial charge is 0.494 e. The van der Waals surface area contributed by atoms with Gasteiger partial charge in [-0.3, -0.25) is 19.8 Å². The Bertz CT molecular complexity index is 1200. The van der Waals surface area contributed by atoms with Crippen molar-refractivity contribution in [1.29, 1.82) is 0 Å². The smallest absolute Gasteiger partial charge is 0.270 e. The minimum Gasteiger partial charge on any atom is -0.494 e. The van der Waals surface area contributed by atoms with E-state index >= 15 is 0 Å². The van der Waals surface area contributed by atoms with Crippen LogP contribution in [0.3, 0.4) is 0 Å². The molecule has 31 heavy (non-hydrogen) atoms. The van der Waals surface area contributed by atoms with Crippen molar-refractivity contribution >= 4 is 40.9 Å². The summed E-state index contributed by atoms with van der Waals surface area (Å²) in [5.41, 5.74) is 0.896. The molecule has 0 atom stereocenters. The maximum Gasteiger partial charge on any atom is 0.270 e. The topological polar surface area (TPSA) is 71.8 Å². The molecule has 0 unspecified atom stereocenters. The van der Waals surface area contributed by atoms with E-state index < -0.39 is 17.6 Å². The summed E-state index contributed by atoms with van der Waals surface area (Å²) in [6, 6.07) is 16.0. The van der Waals surface area contributed by atoms with Gasteiger partial charge in [0.25, 0.3) is 11.8 Å². The second kappa shape index (κ2) is 8.53. The average molecular weight is 436 g/mol. The lowest BCUT2D eigenvalue weighted by Gasteiger charge is -2.28. The van der Waals surface area contributed by atoms with Gasteiger partial charge in [-0.05, 0) is 73.7 Å². The molecule has 0 saturated carbocycles. The molecule has 1 N–H and O–H groups in total. The zero-order valence-electron chi connectivity index (χ0n) is 16.4. The van der Waals surface area contributed by atoms with E-state index in [4.69, 9.17) is 21.4 Å². The van der Waals surface area contributed by atoms with Gasteiger partial charge in [0.05, 0.1) is 12.3 Å². The van der Waals surface area contributed by atoms with Crippen LogP contribution in [0.15, 0.2) is 70.7 Å². The summed E-state index contributed by atoms with van der Waals surface area (Å²) in [6.45, 7) is 2.39. The monoisotopic (exact) mass is 436 g/mol. The Morgan fingerprint density at radius 1 is 1.13 bits per heavy atom. The Labute approximate surface area is 182 Å². The van der Waals surface area contributed by atoms with Gasteiger partial charge >= 0.3 is 0 Å². The molecule has 2 amide bonds. The summed E-state index contributed by atoms with van der Waals surface area (Å²) in [5, 5.41) is 2.50. The number of nitrogens with zero attached hydrogens (tertiary/aromatic N) is 1. The first kappa shape index (κ1) is 20.5. The summed E-state index contributed by atoms with van der Waals surface area (Å²) >= 11 is 5.20. The van der Waals surface area contributed by atoms with Crippen LogP contribution < -0.4 is 15.0 Å². The van der Waals surface area contributed by atoms with Crippen LogP contribution in [0, 0.1) is 5.82 Å². The first-order valence-corrected chi connectivity index (χ1v) is 9.87. The second-order valence-corrected chi connectivity index (χ2v) is 6.98. The van der Waals surface area contributed by atoms with Crippen LogP contribution in [0.25, 0.3) is 17.4 Å². The highest BCUT2D eigenvalue weighted by molar-refractivity contribution is 7.80. The number of carbonyl (C=O) groups is 2. The SMILES string of the molecule is CCOc1ccc(N2C(=O)/C(=C/c3ccc(-c4cccc(F)c4)o3)C(=O)NC2=S)cc1. The molecule has 0 aliphatic carbocycles. The van der Waals surface area contributed by atoms with Gasteiger partial charge in [-0.25, -0.2) is 4.39 Å². The van der Waals surface area contributed by atoms with Crippen LogP contribution in [-0.4, -0.2) is 23.5 Å². The van der Waals surface area contributed by atoms with Crippen molar-refractivity contribution in [3.05, 3.63) is 77.8 Å². The zero-order valence-corrected chi connectivity index (χ0v) is 17.2. The molecule has 3 aromatic rings. The van der Waals surface area contributed by atoms with E-state index in [-0.39, 0.29) is 16.4 Å². The normalized spacial score (nSPS) is 15.4. The average Bonchev–Trinajstić information content (AvgIpc) is 3.21. The number of furan rings is 1. The van der Waals surface area contributed by atoms with Gasteiger partial charge in [-0.1, -0.05) is 12.1 Å². The lowest BCUT2D eigenvalue weighted by molar-refractivity contribution is -0.122. The maximum absolute atomic E-state index is 13.5. The van der Waals surface area contributed by atoms with Crippen LogP contribution in [0.4, 0.5) is 10.1 Å². The van der Waals surface area contributed by atoms with Gasteiger partial charge in [0.1, 0.15) is 28.7 Å². The molecule has 0 bridgehead atoms. The Kier molecular flexibility index (Phi) is 5.64. The van der Waals surface area contributed by atoms with Crippen molar-refractivity contribution in [2.45, 2.75) is 6.92 Å². The van der Waals surface area contributed by atoms with Gasteiger partial charge in [-0.15, -0.1) is 0 Å². The molecular weight excluding hydrogens is 419 g/mol. The van der Waals surface area contributed by atoms with Crippen molar-refractivity contribution < 1.29 is 23.1 Å². The Morgan fingerprint density at radius 3 is 2.61 bits per heavy atom. The van der Waals surface area contributed by atoms with Crippen LogP contribution in [0.1, 0.15) is 12.7 Å². The van der Waals surface area contributed by atoms with Gasteiger partial charge in [-0.2, -0.15) is 0 Å². The number of benzene rings is 2. The molecule has 2 heterocycles. The fourth-order valence-corrected chi connectivity index (χ4v) is 3.40. The quantitative estimate of drug-likeness (QED) is 0.367. The van der Waals surface area contributed by atoms with E-state index in [1.54, 1.807) is 48.5 Å². The molecule has 1 aliphatic heterocycles. The predicted molar refractivity (Wildman–Crippen MR) is 118 cm³/mol. The molecule has 1 fully saturated rings. The van der Waals surface area contributed by atoms with E-state index in [0.29, 0.717) is 29.4 Å². The maximum atomic E-state index is 13.5. The Hall–Kier alpha value is -3.78. The summed E-state index contributed by atoms with van der Waals surface area (Å²) in [7, 11) is 0. The summed E-state index contributed by atoms with van der Waals surface area (Å²) < 4.78 is 24.6. The number of thiocarbonyl (C=S) groups is 1. The van der Waals surface area contributed by atoms with E-state index in [2.05, 4.69) is 5.32 Å². The lowest BCUT2D eigenvalue weighted by Crippen LogP contribution is -2.54. The number of carbonyl (C=O) groups excluding carboxylic acids is 2. The third kappa shape index (κ3) is 4.24. The molecule has 1 aromatic heterocycles. The minimum atomic E-state index is -0.624. The highest BCUT2D eigenvalue weighted by atomic mass is 32.1. The molecule has 0 spiro atoms. The summed E-state index contributed by atoms with van der Waals surface area (Å²) in [5.74, 6) is -0.259. The first-order chi connectivity index (χ1) is 15.0. The summed E-state index contributed by atoms with van der Waals surface area (Å²) in [6.07, 6.45) is 1.34. The van der Waals surface area contributed by atoms with Crippen LogP contribution in [0.2, 0.25) is 0 Å². The lowest BCUT2D eigenvalue weighted by atomic mass is 10.1. The fourth-order valence-electron chi connectivity index (χ4n) is 3.12. The third-order valence-electron chi connectivity index (χ3n) is 4.53. The van der Waals surface area contributed by atoms with Crippen molar-refractivity contribution in [3.8, 4) is 17.1 Å². The van der Waals surface area contributed by atoms with E-state index in [1.807, 2.05) is 6.92 Å². The molecular formula is C23H17FN2O4S. The van der Waals surface area contributed by atoms with Gasteiger partial charge in [0.15, 0.2) is 5.11 Å². The first-order valence-electron chi connectivity index (χ1n) is 9.46. The van der Waals surface area contributed by atoms with Crippen LogP contribution in [0.5, 0.6) is 5.75 Å². The number of amides is 2. The number of ether oxygens (including phenoxy) is 1. The highest BCUT2D eigenvalue weighted by Gasteiger charge is 2.34. The van der Waals surface area contributed by atoms with Crippen LogP contribution >= 0.6 is 12.2 Å². The fraction of sp³-hybridized carbons (Fsp3) is 0.0870. The molecule has 0 radical (unpaired) electrons. The zero-order chi connectivity index (χ0) is 22.0. The standard InChI is InChI=1S/C23H17FN2O4S/c1-2-29-17-8-6-16(7-9-17)26-22(28)19(21(27)25-23(26)31)13-18-10-11-20(30-18)14-4-3-5-15(24)12-14/h3-13H,2H2,1H3,(H,25,27,31)/b19-13+.